The van der Waals surface area contributed by atoms with E-state index in [0.717, 1.165) is 22.4 Å². The number of rotatable bonds is 4. The molecule has 0 saturated heterocycles. The van der Waals surface area contributed by atoms with Crippen molar-refractivity contribution >= 4 is 112 Å². The van der Waals surface area contributed by atoms with Gasteiger partial charge in [0.15, 0.2) is 0 Å². The quantitative estimate of drug-likeness (QED) is 0.183. The van der Waals surface area contributed by atoms with Gasteiger partial charge in [0.2, 0.25) is 0 Å². The summed E-state index contributed by atoms with van der Waals surface area (Å²) in [6.45, 7) is 0. The lowest BCUT2D eigenvalue weighted by atomic mass is 10.0. The molecule has 0 saturated carbocycles. The normalized spacial score (nSPS) is 11.9. The fraction of sp³-hybridized carbons (Fsp3) is 0. The van der Waals surface area contributed by atoms with Crippen LogP contribution in [-0.4, -0.2) is 4.98 Å². The minimum absolute atomic E-state index is 1.12. The summed E-state index contributed by atoms with van der Waals surface area (Å²) in [4.78, 5) is 6.75. The van der Waals surface area contributed by atoms with Crippen LogP contribution in [0.15, 0.2) is 170 Å². The molecule has 0 fully saturated rings. The van der Waals surface area contributed by atoms with E-state index < -0.39 is 0 Å². The topological polar surface area (TPSA) is 16.1 Å². The number of anilines is 3. The van der Waals surface area contributed by atoms with Crippen LogP contribution in [0.2, 0.25) is 0 Å². The van der Waals surface area contributed by atoms with Gasteiger partial charge in [0.1, 0.15) is 0 Å². The van der Waals surface area contributed by atoms with Crippen molar-refractivity contribution in [2.75, 3.05) is 4.90 Å². The maximum Gasteiger partial charge on any atom is 0.0468 e. The average Bonchev–Trinajstić information content (AvgIpc) is 3.73. The summed E-state index contributed by atoms with van der Waals surface area (Å²) < 4.78 is 5.30. The molecule has 0 aliphatic carbocycles. The molecule has 0 unspecified atom stereocenters. The van der Waals surface area contributed by atoms with E-state index in [1.807, 2.05) is 35.1 Å². The third-order valence-corrected chi connectivity index (χ3v) is 12.5. The summed E-state index contributed by atoms with van der Waals surface area (Å²) in [7, 11) is 0. The highest BCUT2D eigenvalue weighted by Crippen LogP contribution is 2.42. The van der Waals surface area contributed by atoms with Crippen molar-refractivity contribution in [1.82, 2.24) is 4.98 Å². The number of nitrogens with zero attached hydrogens (tertiary/aromatic N) is 2. The first kappa shape index (κ1) is 28.7. The Morgan fingerprint density at radius 2 is 0.902 bits per heavy atom. The van der Waals surface area contributed by atoms with E-state index in [2.05, 4.69) is 168 Å². The van der Waals surface area contributed by atoms with Gasteiger partial charge in [-0.15, -0.1) is 22.7 Å². The first-order chi connectivity index (χ1) is 25.2. The summed E-state index contributed by atoms with van der Waals surface area (Å²) in [5, 5.41) is 12.6. The molecule has 11 aromatic rings. The summed E-state index contributed by atoms with van der Waals surface area (Å²) in [6, 6.07) is 58.4. The average molecular weight is 685 g/mol. The van der Waals surface area contributed by atoms with Crippen LogP contribution in [0.3, 0.4) is 0 Å². The number of benzene rings is 8. The standard InChI is InChI=1S/C47H28N2S2/c1-3-7-44-40(5-1)42-24-32-13-17-38(22-34(32)26-46(42)50-44)49(37-15-11-29(12-16-37)31-10-9-30-19-20-48-28-36(30)21-31)39-18-14-33-25-43-41-6-2-4-8-45(41)51-47(43)27-35(33)23-39/h1-28H. The minimum atomic E-state index is 1.12. The Morgan fingerprint density at radius 3 is 1.53 bits per heavy atom. The Labute approximate surface area is 302 Å². The van der Waals surface area contributed by atoms with Gasteiger partial charge in [0.25, 0.3) is 0 Å². The van der Waals surface area contributed by atoms with Gasteiger partial charge in [0.05, 0.1) is 0 Å². The molecule has 0 bridgehead atoms. The zero-order chi connectivity index (χ0) is 33.5. The fourth-order valence-corrected chi connectivity index (χ4v) is 9.98. The largest absolute Gasteiger partial charge is 0.310 e. The van der Waals surface area contributed by atoms with Gasteiger partial charge in [-0.05, 0) is 123 Å². The monoisotopic (exact) mass is 684 g/mol. The van der Waals surface area contributed by atoms with E-state index in [1.165, 1.54) is 78.4 Å². The van der Waals surface area contributed by atoms with Crippen LogP contribution in [0.5, 0.6) is 0 Å². The molecular formula is C47H28N2S2. The van der Waals surface area contributed by atoms with Crippen LogP contribution in [0.25, 0.3) is 83.8 Å². The molecule has 0 atom stereocenters. The van der Waals surface area contributed by atoms with Crippen molar-refractivity contribution in [2.45, 2.75) is 0 Å². The number of thiophene rings is 2. The Balaban J connectivity index is 1.07. The van der Waals surface area contributed by atoms with Crippen LogP contribution >= 0.6 is 22.7 Å². The molecule has 2 nitrogen and oxygen atoms in total. The number of hydrogen-bond acceptors (Lipinski definition) is 4. The number of hydrogen-bond donors (Lipinski definition) is 0. The predicted molar refractivity (Wildman–Crippen MR) is 223 cm³/mol. The van der Waals surface area contributed by atoms with Gasteiger partial charge in [-0.1, -0.05) is 72.8 Å². The highest BCUT2D eigenvalue weighted by Gasteiger charge is 2.16. The maximum atomic E-state index is 4.35. The first-order valence-corrected chi connectivity index (χ1v) is 18.8. The third-order valence-electron chi connectivity index (χ3n) is 10.3. The van der Waals surface area contributed by atoms with E-state index in [0.29, 0.717) is 0 Å². The minimum Gasteiger partial charge on any atom is -0.310 e. The van der Waals surface area contributed by atoms with Crippen LogP contribution < -0.4 is 4.90 Å². The van der Waals surface area contributed by atoms with E-state index in [9.17, 15) is 0 Å². The van der Waals surface area contributed by atoms with Gasteiger partial charge < -0.3 is 4.90 Å². The number of fused-ring (bicyclic) bond motifs is 9. The Bertz CT molecular complexity index is 3000. The molecule has 0 N–H and O–H groups in total. The van der Waals surface area contributed by atoms with Crippen molar-refractivity contribution in [2.24, 2.45) is 0 Å². The predicted octanol–water partition coefficient (Wildman–Crippen LogP) is 14.4. The third kappa shape index (κ3) is 4.72. The second-order valence-corrected chi connectivity index (χ2v) is 15.4. The van der Waals surface area contributed by atoms with E-state index in [4.69, 9.17) is 0 Å². The zero-order valence-electron chi connectivity index (χ0n) is 27.4. The molecule has 0 spiro atoms. The second kappa shape index (κ2) is 11.2. The molecule has 0 amide bonds. The summed E-state index contributed by atoms with van der Waals surface area (Å²) in [5.41, 5.74) is 5.75. The van der Waals surface area contributed by atoms with E-state index >= 15 is 0 Å². The molecule has 3 heterocycles. The number of aromatic nitrogens is 1. The second-order valence-electron chi connectivity index (χ2n) is 13.3. The van der Waals surface area contributed by atoms with Gasteiger partial charge in [-0.3, -0.25) is 4.98 Å². The first-order valence-electron chi connectivity index (χ1n) is 17.2. The fourth-order valence-electron chi connectivity index (χ4n) is 7.70. The van der Waals surface area contributed by atoms with E-state index in [1.54, 1.807) is 0 Å². The number of pyridine rings is 1. The van der Waals surface area contributed by atoms with Crippen LogP contribution in [-0.2, 0) is 0 Å². The summed E-state index contributed by atoms with van der Waals surface area (Å²) in [6.07, 6.45) is 3.79. The van der Waals surface area contributed by atoms with Gasteiger partial charge in [-0.2, -0.15) is 0 Å². The maximum absolute atomic E-state index is 4.35. The summed E-state index contributed by atoms with van der Waals surface area (Å²) >= 11 is 3.74. The van der Waals surface area contributed by atoms with Crippen LogP contribution in [0.1, 0.15) is 0 Å². The molecule has 51 heavy (non-hydrogen) atoms. The molecule has 11 rings (SSSR count). The smallest absolute Gasteiger partial charge is 0.0468 e. The van der Waals surface area contributed by atoms with Crippen LogP contribution in [0, 0.1) is 0 Å². The van der Waals surface area contributed by atoms with Crippen molar-refractivity contribution in [1.29, 1.82) is 0 Å². The van der Waals surface area contributed by atoms with Gasteiger partial charge in [0, 0.05) is 75.2 Å². The van der Waals surface area contributed by atoms with Gasteiger partial charge >= 0.3 is 0 Å². The van der Waals surface area contributed by atoms with Crippen molar-refractivity contribution in [3.8, 4) is 11.1 Å². The van der Waals surface area contributed by atoms with Crippen molar-refractivity contribution in [3.63, 3.8) is 0 Å². The molecule has 8 aromatic carbocycles. The lowest BCUT2D eigenvalue weighted by molar-refractivity contribution is 1.29. The van der Waals surface area contributed by atoms with Crippen LogP contribution in [0.4, 0.5) is 17.1 Å². The summed E-state index contributed by atoms with van der Waals surface area (Å²) in [5.74, 6) is 0. The highest BCUT2D eigenvalue weighted by molar-refractivity contribution is 7.26. The molecule has 0 aliphatic heterocycles. The van der Waals surface area contributed by atoms with Gasteiger partial charge in [-0.25, -0.2) is 0 Å². The molecule has 3 aromatic heterocycles. The SMILES string of the molecule is c1ccc2c(c1)sc1cc3cc(N(c4ccc(-c5ccc6ccncc6c5)cc4)c4ccc5cc6c(cc5c4)sc4ccccc46)ccc3cc12. The Hall–Kier alpha value is -6.07. The zero-order valence-corrected chi connectivity index (χ0v) is 29.0. The lowest BCUT2D eigenvalue weighted by Gasteiger charge is -2.26. The molecule has 0 aliphatic rings. The molecule has 4 heteroatoms. The Kier molecular flexibility index (Phi) is 6.32. The Morgan fingerprint density at radius 1 is 0.353 bits per heavy atom. The van der Waals surface area contributed by atoms with Crippen molar-refractivity contribution < 1.29 is 0 Å². The highest BCUT2D eigenvalue weighted by atomic mass is 32.1. The van der Waals surface area contributed by atoms with E-state index in [-0.39, 0.29) is 0 Å². The lowest BCUT2D eigenvalue weighted by Crippen LogP contribution is -2.09. The molecule has 0 radical (unpaired) electrons. The van der Waals surface area contributed by atoms with Crippen molar-refractivity contribution in [3.05, 3.63) is 170 Å². The molecular weight excluding hydrogens is 657 g/mol. The molecule has 238 valence electrons.